The lowest BCUT2D eigenvalue weighted by molar-refractivity contribution is 0.142. The van der Waals surface area contributed by atoms with Gasteiger partial charge < -0.3 is 10.2 Å². The molecule has 1 N–H and O–H groups in total. The summed E-state index contributed by atoms with van der Waals surface area (Å²) < 4.78 is 0. The zero-order valence-electron chi connectivity index (χ0n) is 5.55. The van der Waals surface area contributed by atoms with Crippen LogP contribution in [0.3, 0.4) is 0 Å². The van der Waals surface area contributed by atoms with Crippen LogP contribution in [0.5, 0.6) is 0 Å². The zero-order valence-corrected chi connectivity index (χ0v) is 5.55. The summed E-state index contributed by atoms with van der Waals surface area (Å²) in [6.45, 7) is 5.40. The summed E-state index contributed by atoms with van der Waals surface area (Å²) in [5, 5.41) is 2.55. The topological polar surface area (TPSA) is 32.3 Å². The van der Waals surface area contributed by atoms with Crippen molar-refractivity contribution >= 4 is 6.03 Å². The van der Waals surface area contributed by atoms with E-state index in [1.54, 1.807) is 11.9 Å². The fourth-order valence-corrected chi connectivity index (χ4v) is 0.894. The quantitative estimate of drug-likeness (QED) is 0.491. The molecule has 51 valence electrons. The number of hydrogen-bond acceptors (Lipinski definition) is 1. The molecule has 1 aliphatic heterocycles. The molecule has 0 bridgehead atoms. The first-order valence-electron chi connectivity index (χ1n) is 3.03. The summed E-state index contributed by atoms with van der Waals surface area (Å²) in [5.41, 5.74) is 0. The van der Waals surface area contributed by atoms with E-state index in [9.17, 15) is 4.79 Å². The number of nitrogens with zero attached hydrogens (tertiary/aromatic N) is 1. The fraction of sp³-hybridized carbons (Fsp3) is 0.667. The van der Waals surface area contributed by atoms with Crippen LogP contribution in [-0.4, -0.2) is 31.1 Å². The number of nitrogens with one attached hydrogen (secondary N) is 1. The van der Waals surface area contributed by atoms with Gasteiger partial charge in [0.1, 0.15) is 0 Å². The van der Waals surface area contributed by atoms with Gasteiger partial charge in [0.15, 0.2) is 0 Å². The van der Waals surface area contributed by atoms with Crippen LogP contribution in [0.4, 0.5) is 4.79 Å². The van der Waals surface area contributed by atoms with Gasteiger partial charge in [0, 0.05) is 20.1 Å². The van der Waals surface area contributed by atoms with Crippen LogP contribution in [0.25, 0.3) is 0 Å². The highest BCUT2D eigenvalue weighted by Crippen LogP contribution is 2.12. The molecule has 1 heterocycles. The Morgan fingerprint density at radius 2 is 2.33 bits per heavy atom. The first-order chi connectivity index (χ1) is 4.24. The predicted octanol–water partition coefficient (Wildman–Crippen LogP) is 0.0917. The number of amides is 2. The molecule has 0 spiro atoms. The van der Waals surface area contributed by atoms with Crippen LogP contribution in [0, 0.1) is 12.8 Å². The maximum absolute atomic E-state index is 10.7. The Hall–Kier alpha value is -0.730. The Balaban J connectivity index is 2.23. The maximum Gasteiger partial charge on any atom is 0.317 e. The molecular weight excluding hydrogens is 116 g/mol. The van der Waals surface area contributed by atoms with Crippen molar-refractivity contribution in [3.8, 4) is 0 Å². The van der Waals surface area contributed by atoms with Crippen LogP contribution in [0.2, 0.25) is 0 Å². The third-order valence-corrected chi connectivity index (χ3v) is 1.46. The molecular formula is C6H11N2O. The number of carbonyl (C=O) groups is 1. The summed E-state index contributed by atoms with van der Waals surface area (Å²) in [6, 6.07) is 0.00917. The average Bonchev–Trinajstić information content (AvgIpc) is 1.79. The summed E-state index contributed by atoms with van der Waals surface area (Å²) in [5.74, 6) is 0.447. The number of urea groups is 1. The van der Waals surface area contributed by atoms with Gasteiger partial charge in [-0.2, -0.15) is 0 Å². The number of likely N-dealkylation sites (tertiary alicyclic amines) is 1. The van der Waals surface area contributed by atoms with Crippen LogP contribution in [0.1, 0.15) is 0 Å². The van der Waals surface area contributed by atoms with Gasteiger partial charge in [0.05, 0.1) is 0 Å². The number of rotatable bonds is 0. The van der Waals surface area contributed by atoms with Gasteiger partial charge in [-0.25, -0.2) is 4.79 Å². The second-order valence-electron chi connectivity index (χ2n) is 2.33. The summed E-state index contributed by atoms with van der Waals surface area (Å²) in [4.78, 5) is 12.5. The fourth-order valence-electron chi connectivity index (χ4n) is 0.894. The van der Waals surface area contributed by atoms with Crippen molar-refractivity contribution in [2.75, 3.05) is 20.1 Å². The predicted molar refractivity (Wildman–Crippen MR) is 34.9 cm³/mol. The van der Waals surface area contributed by atoms with Crippen molar-refractivity contribution in [1.82, 2.24) is 10.2 Å². The molecule has 0 aromatic rings. The van der Waals surface area contributed by atoms with E-state index in [-0.39, 0.29) is 6.03 Å². The Kier molecular flexibility index (Phi) is 1.60. The lowest BCUT2D eigenvalue weighted by Crippen LogP contribution is -2.52. The molecule has 0 saturated carbocycles. The van der Waals surface area contributed by atoms with Crippen molar-refractivity contribution in [2.45, 2.75) is 0 Å². The average molecular weight is 127 g/mol. The highest BCUT2D eigenvalue weighted by Gasteiger charge is 2.25. The minimum Gasteiger partial charge on any atom is -0.341 e. The smallest absolute Gasteiger partial charge is 0.317 e. The molecule has 2 amide bonds. The largest absolute Gasteiger partial charge is 0.341 e. The van der Waals surface area contributed by atoms with E-state index >= 15 is 0 Å². The number of carbonyl (C=O) groups excluding carboxylic acids is 1. The Labute approximate surface area is 55.0 Å². The molecule has 0 aromatic heterocycles. The van der Waals surface area contributed by atoms with Gasteiger partial charge in [-0.3, -0.25) is 0 Å². The van der Waals surface area contributed by atoms with Crippen LogP contribution in [0.15, 0.2) is 0 Å². The van der Waals surface area contributed by atoms with Gasteiger partial charge >= 0.3 is 6.03 Å². The van der Waals surface area contributed by atoms with Gasteiger partial charge in [-0.15, -0.1) is 0 Å². The SMILES string of the molecule is [CH2]C1CN(C(=O)NC)C1. The molecule has 3 nitrogen and oxygen atoms in total. The molecule has 0 aromatic carbocycles. The van der Waals surface area contributed by atoms with Crippen molar-refractivity contribution in [2.24, 2.45) is 5.92 Å². The van der Waals surface area contributed by atoms with Crippen molar-refractivity contribution in [1.29, 1.82) is 0 Å². The van der Waals surface area contributed by atoms with E-state index in [0.717, 1.165) is 13.1 Å². The van der Waals surface area contributed by atoms with E-state index in [4.69, 9.17) is 0 Å². The maximum atomic E-state index is 10.7. The Bertz CT molecular complexity index is 118. The first kappa shape index (κ1) is 6.39. The second kappa shape index (κ2) is 2.25. The molecule has 1 radical (unpaired) electrons. The molecule has 1 rings (SSSR count). The Morgan fingerprint density at radius 3 is 2.67 bits per heavy atom. The van der Waals surface area contributed by atoms with Crippen molar-refractivity contribution < 1.29 is 4.79 Å². The molecule has 0 aliphatic carbocycles. The lowest BCUT2D eigenvalue weighted by Gasteiger charge is -2.36. The van der Waals surface area contributed by atoms with E-state index in [1.807, 2.05) is 0 Å². The van der Waals surface area contributed by atoms with E-state index < -0.39 is 0 Å². The molecule has 0 atom stereocenters. The van der Waals surface area contributed by atoms with Crippen LogP contribution >= 0.6 is 0 Å². The number of hydrogen-bond donors (Lipinski definition) is 1. The monoisotopic (exact) mass is 127 g/mol. The van der Waals surface area contributed by atoms with Gasteiger partial charge in [-0.1, -0.05) is 0 Å². The normalized spacial score (nSPS) is 19.1. The molecule has 3 heteroatoms. The minimum atomic E-state index is 0.00917. The molecule has 9 heavy (non-hydrogen) atoms. The lowest BCUT2D eigenvalue weighted by atomic mass is 10.0. The summed E-state index contributed by atoms with van der Waals surface area (Å²) >= 11 is 0. The van der Waals surface area contributed by atoms with E-state index in [1.165, 1.54) is 0 Å². The minimum absolute atomic E-state index is 0.00917. The molecule has 0 unspecified atom stereocenters. The van der Waals surface area contributed by atoms with Crippen molar-refractivity contribution in [3.05, 3.63) is 6.92 Å². The van der Waals surface area contributed by atoms with Crippen LogP contribution < -0.4 is 5.32 Å². The third-order valence-electron chi connectivity index (χ3n) is 1.46. The van der Waals surface area contributed by atoms with Crippen LogP contribution in [-0.2, 0) is 0 Å². The van der Waals surface area contributed by atoms with E-state index in [0.29, 0.717) is 5.92 Å². The second-order valence-corrected chi connectivity index (χ2v) is 2.33. The highest BCUT2D eigenvalue weighted by atomic mass is 16.2. The molecule has 1 fully saturated rings. The van der Waals surface area contributed by atoms with Gasteiger partial charge in [-0.05, 0) is 12.8 Å². The van der Waals surface area contributed by atoms with Crippen molar-refractivity contribution in [3.63, 3.8) is 0 Å². The van der Waals surface area contributed by atoms with Gasteiger partial charge in [0.2, 0.25) is 0 Å². The zero-order chi connectivity index (χ0) is 6.85. The summed E-state index contributed by atoms with van der Waals surface area (Å²) in [7, 11) is 1.64. The van der Waals surface area contributed by atoms with Gasteiger partial charge in [0.25, 0.3) is 0 Å². The first-order valence-corrected chi connectivity index (χ1v) is 3.03. The molecule has 1 aliphatic rings. The Morgan fingerprint density at radius 1 is 1.78 bits per heavy atom. The highest BCUT2D eigenvalue weighted by molar-refractivity contribution is 5.74. The molecule has 1 saturated heterocycles. The third kappa shape index (κ3) is 1.15. The summed E-state index contributed by atoms with van der Waals surface area (Å²) in [6.07, 6.45) is 0. The standard InChI is InChI=1S/C6H11N2O/c1-5-3-8(4-5)6(9)7-2/h5H,1,3-4H2,2H3,(H,7,9). The van der Waals surface area contributed by atoms with E-state index in [2.05, 4.69) is 12.2 Å².